The molecule has 2 heteroatoms. The summed E-state index contributed by atoms with van der Waals surface area (Å²) in [5, 5.41) is 2.53. The largest absolute Gasteiger partial charge is 0.378 e. The second-order valence-corrected chi connectivity index (χ2v) is 7.88. The molecule has 4 rings (SSSR count). The third-order valence-electron chi connectivity index (χ3n) is 5.27. The quantitative estimate of drug-likeness (QED) is 0.394. The normalized spacial score (nSPS) is 10.4. The molecule has 0 radical (unpaired) electrons. The highest BCUT2D eigenvalue weighted by molar-refractivity contribution is 5.98. The van der Waals surface area contributed by atoms with Gasteiger partial charge in [-0.05, 0) is 65.0 Å². The van der Waals surface area contributed by atoms with Gasteiger partial charge in [0.15, 0.2) is 0 Å². The van der Waals surface area contributed by atoms with Gasteiger partial charge in [0, 0.05) is 56.1 Å². The van der Waals surface area contributed by atoms with Crippen LogP contribution in [0, 0.1) is 11.8 Å². The van der Waals surface area contributed by atoms with Crippen LogP contribution in [0.2, 0.25) is 0 Å². The van der Waals surface area contributed by atoms with E-state index in [-0.39, 0.29) is 0 Å². The van der Waals surface area contributed by atoms with E-state index in [1.54, 1.807) is 0 Å². The molecule has 4 aromatic rings. The highest BCUT2D eigenvalue weighted by atomic mass is 15.1. The van der Waals surface area contributed by atoms with Crippen LogP contribution in [-0.4, -0.2) is 28.2 Å². The molecule has 0 aliphatic carbocycles. The minimum Gasteiger partial charge on any atom is -0.378 e. The Morgan fingerprint density at radius 3 is 1.77 bits per heavy atom. The molecule has 0 unspecified atom stereocenters. The van der Waals surface area contributed by atoms with E-state index in [2.05, 4.69) is 121 Å². The molecule has 0 saturated carbocycles. The van der Waals surface area contributed by atoms with Gasteiger partial charge in [-0.1, -0.05) is 48.2 Å². The number of hydrogen-bond donors (Lipinski definition) is 0. The number of benzene rings is 4. The summed E-state index contributed by atoms with van der Waals surface area (Å²) in [6.45, 7) is 0. The van der Waals surface area contributed by atoms with Crippen LogP contribution < -0.4 is 9.80 Å². The van der Waals surface area contributed by atoms with Gasteiger partial charge in [0.2, 0.25) is 0 Å². The van der Waals surface area contributed by atoms with Crippen molar-refractivity contribution < 1.29 is 0 Å². The van der Waals surface area contributed by atoms with Crippen molar-refractivity contribution in [1.29, 1.82) is 0 Å². The van der Waals surface area contributed by atoms with Crippen molar-refractivity contribution in [2.24, 2.45) is 0 Å². The smallest absolute Gasteiger partial charge is 0.0446 e. The first-order valence-corrected chi connectivity index (χ1v) is 10.1. The SMILES string of the molecule is CN(C)c1ccc(C#Cc2ccc(-c3cc(N(C)C)c4ccccc4c3)cc2)cc1. The highest BCUT2D eigenvalue weighted by Gasteiger charge is 2.07. The highest BCUT2D eigenvalue weighted by Crippen LogP contribution is 2.32. The molecule has 0 fully saturated rings. The molecular weight excluding hydrogens is 364 g/mol. The van der Waals surface area contributed by atoms with E-state index in [0.717, 1.165) is 11.1 Å². The summed E-state index contributed by atoms with van der Waals surface area (Å²) in [5.74, 6) is 6.54. The summed E-state index contributed by atoms with van der Waals surface area (Å²) in [6, 6.07) is 29.9. The van der Waals surface area contributed by atoms with Crippen LogP contribution in [-0.2, 0) is 0 Å². The molecule has 0 amide bonds. The minimum absolute atomic E-state index is 1.02. The monoisotopic (exact) mass is 390 g/mol. The summed E-state index contributed by atoms with van der Waals surface area (Å²) in [6.07, 6.45) is 0. The zero-order valence-electron chi connectivity index (χ0n) is 18.0. The Labute approximate surface area is 179 Å². The lowest BCUT2D eigenvalue weighted by atomic mass is 9.98. The van der Waals surface area contributed by atoms with Crippen molar-refractivity contribution in [3.8, 4) is 23.0 Å². The van der Waals surface area contributed by atoms with Crippen LogP contribution in [0.4, 0.5) is 11.4 Å². The van der Waals surface area contributed by atoms with Crippen molar-refractivity contribution in [3.63, 3.8) is 0 Å². The Balaban J connectivity index is 1.61. The lowest BCUT2D eigenvalue weighted by Crippen LogP contribution is -2.09. The average molecular weight is 391 g/mol. The standard InChI is InChI=1S/C28H26N2/c1-29(2)26-17-13-22(14-18-26)10-9-21-11-15-23(16-12-21)25-19-24-7-5-6-8-27(24)28(20-25)30(3)4/h5-8,11-20H,1-4H3. The Kier molecular flexibility index (Phi) is 5.46. The van der Waals surface area contributed by atoms with Crippen LogP contribution in [0.3, 0.4) is 0 Å². The lowest BCUT2D eigenvalue weighted by Gasteiger charge is -2.17. The van der Waals surface area contributed by atoms with E-state index in [9.17, 15) is 0 Å². The number of rotatable bonds is 3. The van der Waals surface area contributed by atoms with E-state index in [0.29, 0.717) is 0 Å². The molecular formula is C28H26N2. The van der Waals surface area contributed by atoms with Crippen molar-refractivity contribution in [2.45, 2.75) is 0 Å². The van der Waals surface area contributed by atoms with Crippen LogP contribution in [0.25, 0.3) is 21.9 Å². The van der Waals surface area contributed by atoms with Crippen LogP contribution >= 0.6 is 0 Å². The molecule has 2 nitrogen and oxygen atoms in total. The summed E-state index contributed by atoms with van der Waals surface area (Å²) in [7, 11) is 8.27. The maximum Gasteiger partial charge on any atom is 0.0446 e. The van der Waals surface area contributed by atoms with Crippen molar-refractivity contribution in [2.75, 3.05) is 38.0 Å². The Hall–Kier alpha value is -3.70. The van der Waals surface area contributed by atoms with E-state index in [1.807, 2.05) is 14.1 Å². The van der Waals surface area contributed by atoms with Gasteiger partial charge >= 0.3 is 0 Å². The molecule has 0 atom stereocenters. The van der Waals surface area contributed by atoms with Gasteiger partial charge in [-0.25, -0.2) is 0 Å². The molecule has 0 bridgehead atoms. The van der Waals surface area contributed by atoms with Gasteiger partial charge in [0.25, 0.3) is 0 Å². The lowest BCUT2D eigenvalue weighted by molar-refractivity contribution is 1.13. The van der Waals surface area contributed by atoms with Gasteiger partial charge in [-0.3, -0.25) is 0 Å². The van der Waals surface area contributed by atoms with E-state index in [1.165, 1.54) is 33.3 Å². The Bertz CT molecular complexity index is 1220. The van der Waals surface area contributed by atoms with Gasteiger partial charge in [0.05, 0.1) is 0 Å². The van der Waals surface area contributed by atoms with Gasteiger partial charge in [0.1, 0.15) is 0 Å². The topological polar surface area (TPSA) is 6.48 Å². The maximum atomic E-state index is 3.28. The zero-order chi connectivity index (χ0) is 21.1. The molecule has 30 heavy (non-hydrogen) atoms. The molecule has 4 aromatic carbocycles. The number of nitrogens with zero attached hydrogens (tertiary/aromatic N) is 2. The summed E-state index contributed by atoms with van der Waals surface area (Å²) in [5.41, 5.74) is 6.87. The first-order valence-electron chi connectivity index (χ1n) is 10.1. The molecule has 0 aliphatic heterocycles. The second kappa shape index (κ2) is 8.35. The summed E-state index contributed by atoms with van der Waals surface area (Å²) >= 11 is 0. The van der Waals surface area contributed by atoms with Crippen molar-refractivity contribution in [3.05, 3.63) is 96.1 Å². The fraction of sp³-hybridized carbons (Fsp3) is 0.143. The molecule has 0 aliphatic rings. The molecule has 0 aromatic heterocycles. The number of fused-ring (bicyclic) bond motifs is 1. The van der Waals surface area contributed by atoms with E-state index < -0.39 is 0 Å². The molecule has 148 valence electrons. The van der Waals surface area contributed by atoms with Gasteiger partial charge in [-0.2, -0.15) is 0 Å². The van der Waals surface area contributed by atoms with Crippen LogP contribution in [0.5, 0.6) is 0 Å². The Morgan fingerprint density at radius 1 is 0.567 bits per heavy atom. The third-order valence-corrected chi connectivity index (χ3v) is 5.27. The maximum absolute atomic E-state index is 3.28. The fourth-order valence-electron chi connectivity index (χ4n) is 3.56. The van der Waals surface area contributed by atoms with Crippen molar-refractivity contribution >= 4 is 22.1 Å². The minimum atomic E-state index is 1.02. The predicted molar refractivity (Wildman–Crippen MR) is 130 cm³/mol. The van der Waals surface area contributed by atoms with Crippen LogP contribution in [0.1, 0.15) is 11.1 Å². The predicted octanol–water partition coefficient (Wildman–Crippen LogP) is 6.04. The van der Waals surface area contributed by atoms with E-state index in [4.69, 9.17) is 0 Å². The van der Waals surface area contributed by atoms with Crippen molar-refractivity contribution in [1.82, 2.24) is 0 Å². The fourth-order valence-corrected chi connectivity index (χ4v) is 3.56. The number of hydrogen-bond acceptors (Lipinski definition) is 2. The summed E-state index contributed by atoms with van der Waals surface area (Å²) in [4.78, 5) is 4.26. The molecule has 0 saturated heterocycles. The summed E-state index contributed by atoms with van der Waals surface area (Å²) < 4.78 is 0. The average Bonchev–Trinajstić information content (AvgIpc) is 2.77. The van der Waals surface area contributed by atoms with Gasteiger partial charge < -0.3 is 9.80 Å². The van der Waals surface area contributed by atoms with E-state index >= 15 is 0 Å². The Morgan fingerprint density at radius 2 is 1.17 bits per heavy atom. The zero-order valence-corrected chi connectivity index (χ0v) is 18.0. The van der Waals surface area contributed by atoms with Gasteiger partial charge in [-0.15, -0.1) is 0 Å². The first-order chi connectivity index (χ1) is 14.5. The number of anilines is 2. The molecule has 0 heterocycles. The third kappa shape index (κ3) is 4.16. The van der Waals surface area contributed by atoms with Crippen LogP contribution in [0.15, 0.2) is 84.9 Å². The molecule has 0 N–H and O–H groups in total. The second-order valence-electron chi connectivity index (χ2n) is 7.88. The first kappa shape index (κ1) is 19.6. The molecule has 0 spiro atoms.